The van der Waals surface area contributed by atoms with E-state index in [2.05, 4.69) is 6.92 Å². The van der Waals surface area contributed by atoms with Crippen LogP contribution in [0.15, 0.2) is 18.2 Å². The lowest BCUT2D eigenvalue weighted by Crippen LogP contribution is -2.31. The molecular formula is C14H19ClOS2. The number of hydrogen-bond acceptors (Lipinski definition) is 3. The predicted molar refractivity (Wildman–Crippen MR) is 83.9 cm³/mol. The highest BCUT2D eigenvalue weighted by molar-refractivity contribution is 8.07. The number of rotatable bonds is 3. The highest BCUT2D eigenvalue weighted by Gasteiger charge is 2.31. The van der Waals surface area contributed by atoms with Gasteiger partial charge in [0.15, 0.2) is 0 Å². The minimum Gasteiger partial charge on any atom is -0.387 e. The molecule has 0 radical (unpaired) electrons. The molecule has 1 N–H and O–H groups in total. The summed E-state index contributed by atoms with van der Waals surface area (Å²) in [5, 5.41) is 12.1. The third-order valence-electron chi connectivity index (χ3n) is 3.34. The van der Waals surface area contributed by atoms with Gasteiger partial charge in [-0.2, -0.15) is 23.5 Å². The van der Waals surface area contributed by atoms with E-state index in [1.165, 1.54) is 5.75 Å². The van der Waals surface area contributed by atoms with Gasteiger partial charge < -0.3 is 5.11 Å². The first-order valence-corrected chi connectivity index (χ1v) is 8.78. The summed E-state index contributed by atoms with van der Waals surface area (Å²) in [4.78, 5) is 0. The lowest BCUT2D eigenvalue weighted by Gasteiger charge is -2.33. The summed E-state index contributed by atoms with van der Waals surface area (Å²) in [5.74, 6) is 2.32. The molecule has 1 aromatic carbocycles. The molecule has 1 aliphatic heterocycles. The Labute approximate surface area is 123 Å². The molecule has 1 nitrogen and oxygen atoms in total. The number of hydrogen-bond donors (Lipinski definition) is 1. The zero-order valence-electron chi connectivity index (χ0n) is 10.7. The van der Waals surface area contributed by atoms with E-state index < -0.39 is 6.10 Å². The maximum absolute atomic E-state index is 10.6. The van der Waals surface area contributed by atoms with Crippen LogP contribution in [0.1, 0.15) is 30.6 Å². The van der Waals surface area contributed by atoms with Gasteiger partial charge in [-0.15, -0.1) is 0 Å². The van der Waals surface area contributed by atoms with Crippen LogP contribution in [-0.4, -0.2) is 27.1 Å². The molecule has 0 aromatic heterocycles. The van der Waals surface area contributed by atoms with Gasteiger partial charge >= 0.3 is 0 Å². The molecule has 1 aromatic rings. The van der Waals surface area contributed by atoms with Gasteiger partial charge in [0.2, 0.25) is 0 Å². The summed E-state index contributed by atoms with van der Waals surface area (Å²) in [5.41, 5.74) is 2.01. The minimum atomic E-state index is -0.411. The fourth-order valence-electron chi connectivity index (χ4n) is 2.21. The van der Waals surface area contributed by atoms with Gasteiger partial charge in [0, 0.05) is 27.0 Å². The SMILES string of the molecule is CCC1SCCSC1C(O)c1ccc(C)c(Cl)c1. The van der Waals surface area contributed by atoms with Gasteiger partial charge in [0.25, 0.3) is 0 Å². The van der Waals surface area contributed by atoms with Crippen LogP contribution in [0.2, 0.25) is 5.02 Å². The Hall–Kier alpha value is 0.170. The maximum atomic E-state index is 10.6. The molecule has 0 bridgehead atoms. The van der Waals surface area contributed by atoms with Crippen LogP contribution in [0.25, 0.3) is 0 Å². The van der Waals surface area contributed by atoms with Gasteiger partial charge in [0.05, 0.1) is 6.10 Å². The zero-order chi connectivity index (χ0) is 13.1. The molecule has 1 aliphatic rings. The molecule has 0 spiro atoms. The average molecular weight is 303 g/mol. The van der Waals surface area contributed by atoms with E-state index in [4.69, 9.17) is 11.6 Å². The normalized spacial score (nSPS) is 26.0. The van der Waals surface area contributed by atoms with Crippen molar-refractivity contribution in [1.29, 1.82) is 0 Å². The third-order valence-corrected chi connectivity index (χ3v) is 7.09. The van der Waals surface area contributed by atoms with Crippen LogP contribution in [0.5, 0.6) is 0 Å². The molecule has 0 saturated carbocycles. The van der Waals surface area contributed by atoms with E-state index in [1.807, 2.05) is 48.6 Å². The fourth-order valence-corrected chi connectivity index (χ4v) is 5.54. The first-order chi connectivity index (χ1) is 8.63. The number of aryl methyl sites for hydroxylation is 1. The van der Waals surface area contributed by atoms with Crippen molar-refractivity contribution < 1.29 is 5.11 Å². The largest absolute Gasteiger partial charge is 0.387 e. The van der Waals surface area contributed by atoms with Crippen molar-refractivity contribution in [3.63, 3.8) is 0 Å². The molecule has 0 aliphatic carbocycles. The van der Waals surface area contributed by atoms with Crippen molar-refractivity contribution in [2.45, 2.75) is 36.9 Å². The van der Waals surface area contributed by atoms with E-state index in [9.17, 15) is 5.11 Å². The lowest BCUT2D eigenvalue weighted by molar-refractivity contribution is 0.172. The number of aliphatic hydroxyl groups excluding tert-OH is 1. The first kappa shape index (κ1) is 14.6. The number of benzene rings is 1. The smallest absolute Gasteiger partial charge is 0.0919 e. The second kappa shape index (κ2) is 6.56. The second-order valence-corrected chi connectivity index (χ2v) is 7.65. The van der Waals surface area contributed by atoms with Crippen molar-refractivity contribution >= 4 is 35.1 Å². The Morgan fingerprint density at radius 3 is 2.78 bits per heavy atom. The van der Waals surface area contributed by atoms with Crippen LogP contribution < -0.4 is 0 Å². The lowest BCUT2D eigenvalue weighted by atomic mass is 10.0. The molecule has 0 amide bonds. The van der Waals surface area contributed by atoms with Gasteiger partial charge in [-0.1, -0.05) is 30.7 Å². The summed E-state index contributed by atoms with van der Waals surface area (Å²) >= 11 is 10.0. The van der Waals surface area contributed by atoms with E-state index in [0.29, 0.717) is 5.25 Å². The maximum Gasteiger partial charge on any atom is 0.0919 e. The Morgan fingerprint density at radius 1 is 1.39 bits per heavy atom. The van der Waals surface area contributed by atoms with Crippen molar-refractivity contribution in [2.24, 2.45) is 0 Å². The topological polar surface area (TPSA) is 20.2 Å². The molecule has 2 rings (SSSR count). The van der Waals surface area contributed by atoms with E-state index >= 15 is 0 Å². The first-order valence-electron chi connectivity index (χ1n) is 6.30. The summed E-state index contributed by atoms with van der Waals surface area (Å²) in [6.07, 6.45) is 0.699. The highest BCUT2D eigenvalue weighted by atomic mass is 35.5. The third kappa shape index (κ3) is 3.19. The van der Waals surface area contributed by atoms with Crippen LogP contribution in [0, 0.1) is 6.92 Å². The molecule has 18 heavy (non-hydrogen) atoms. The molecule has 3 atom stereocenters. The summed E-state index contributed by atoms with van der Waals surface area (Å²) in [7, 11) is 0. The van der Waals surface area contributed by atoms with Crippen LogP contribution in [-0.2, 0) is 0 Å². The molecule has 1 heterocycles. The van der Waals surface area contributed by atoms with Gasteiger partial charge in [-0.05, 0) is 30.5 Å². The predicted octanol–water partition coefficient (Wildman–Crippen LogP) is 4.31. The Kier molecular flexibility index (Phi) is 5.31. The Balaban J connectivity index is 2.18. The summed E-state index contributed by atoms with van der Waals surface area (Å²) in [6, 6.07) is 5.90. The molecule has 100 valence electrons. The standard InChI is InChI=1S/C14H19ClOS2/c1-3-12-14(18-7-6-17-12)13(16)10-5-4-9(2)11(15)8-10/h4-5,8,12-14,16H,3,6-7H2,1-2H3. The number of halogens is 1. The van der Waals surface area contributed by atoms with Crippen molar-refractivity contribution in [3.05, 3.63) is 34.3 Å². The van der Waals surface area contributed by atoms with Crippen LogP contribution in [0.3, 0.4) is 0 Å². The van der Waals surface area contributed by atoms with E-state index in [0.717, 1.165) is 28.3 Å². The minimum absolute atomic E-state index is 0.285. The second-order valence-electron chi connectivity index (χ2n) is 4.61. The van der Waals surface area contributed by atoms with Gasteiger partial charge in [-0.3, -0.25) is 0 Å². The number of thioether (sulfide) groups is 2. The quantitative estimate of drug-likeness (QED) is 0.898. The molecule has 1 saturated heterocycles. The molecule has 1 fully saturated rings. The summed E-state index contributed by atoms with van der Waals surface area (Å²) < 4.78 is 0. The van der Waals surface area contributed by atoms with Gasteiger partial charge in [-0.25, -0.2) is 0 Å². The average Bonchev–Trinajstić information content (AvgIpc) is 2.41. The van der Waals surface area contributed by atoms with Crippen LogP contribution in [0.4, 0.5) is 0 Å². The monoisotopic (exact) mass is 302 g/mol. The number of aliphatic hydroxyl groups is 1. The van der Waals surface area contributed by atoms with E-state index in [-0.39, 0.29) is 5.25 Å². The van der Waals surface area contributed by atoms with Crippen molar-refractivity contribution in [3.8, 4) is 0 Å². The van der Waals surface area contributed by atoms with Gasteiger partial charge in [0.1, 0.15) is 0 Å². The van der Waals surface area contributed by atoms with Crippen molar-refractivity contribution in [1.82, 2.24) is 0 Å². The highest BCUT2D eigenvalue weighted by Crippen LogP contribution is 2.40. The van der Waals surface area contributed by atoms with E-state index in [1.54, 1.807) is 0 Å². The fraction of sp³-hybridized carbons (Fsp3) is 0.571. The Morgan fingerprint density at radius 2 is 2.11 bits per heavy atom. The van der Waals surface area contributed by atoms with Crippen molar-refractivity contribution in [2.75, 3.05) is 11.5 Å². The zero-order valence-corrected chi connectivity index (χ0v) is 13.1. The molecule has 4 heteroatoms. The van der Waals surface area contributed by atoms with Crippen LogP contribution >= 0.6 is 35.1 Å². The Bertz CT molecular complexity index is 411. The summed E-state index contributed by atoms with van der Waals surface area (Å²) in [6.45, 7) is 4.18. The molecule has 3 unspecified atom stereocenters. The molecular weight excluding hydrogens is 284 g/mol.